The van der Waals surface area contributed by atoms with Gasteiger partial charge in [0.05, 0.1) is 13.3 Å². The number of rotatable bonds is 8. The highest BCUT2D eigenvalue weighted by molar-refractivity contribution is 8.00. The summed E-state index contributed by atoms with van der Waals surface area (Å²) in [4.78, 5) is 11.4. The van der Waals surface area contributed by atoms with E-state index in [9.17, 15) is 9.18 Å². The fourth-order valence-electron chi connectivity index (χ4n) is 1.37. The number of esters is 1. The van der Waals surface area contributed by atoms with E-state index in [1.807, 2.05) is 20.8 Å². The van der Waals surface area contributed by atoms with Crippen molar-refractivity contribution in [2.75, 3.05) is 12.9 Å². The maximum atomic E-state index is 12.9. The molecule has 4 heteroatoms. The van der Waals surface area contributed by atoms with E-state index in [-0.39, 0.29) is 17.1 Å². The van der Waals surface area contributed by atoms with E-state index in [1.54, 1.807) is 11.8 Å². The first-order valence-corrected chi connectivity index (χ1v) is 6.91. The predicted octanol–water partition coefficient (Wildman–Crippen LogP) is 3.45. The molecule has 16 heavy (non-hydrogen) atoms. The molecule has 0 aliphatic heterocycles. The molecule has 0 fully saturated rings. The number of carbonyl (C=O) groups excluding carboxylic acids is 1. The molecule has 0 aromatic heterocycles. The zero-order chi connectivity index (χ0) is 12.6. The van der Waals surface area contributed by atoms with Crippen molar-refractivity contribution in [3.63, 3.8) is 0 Å². The number of carbonyl (C=O) groups is 1. The summed E-state index contributed by atoms with van der Waals surface area (Å²) >= 11 is 1.57. The minimum Gasteiger partial charge on any atom is -0.468 e. The van der Waals surface area contributed by atoms with Gasteiger partial charge in [0.1, 0.15) is 5.25 Å². The van der Waals surface area contributed by atoms with Gasteiger partial charge in [0.15, 0.2) is 0 Å². The number of thioether (sulfide) groups is 1. The molecule has 0 rings (SSSR count). The lowest BCUT2D eigenvalue weighted by Gasteiger charge is -2.17. The van der Waals surface area contributed by atoms with E-state index in [2.05, 4.69) is 0 Å². The third-order valence-corrected chi connectivity index (χ3v) is 4.06. The normalized spacial score (nSPS) is 14.9. The Bertz CT molecular complexity index is 197. The molecule has 0 N–H and O–H groups in total. The Balaban J connectivity index is 3.81. The van der Waals surface area contributed by atoms with E-state index in [0.717, 1.165) is 12.2 Å². The zero-order valence-corrected chi connectivity index (χ0v) is 11.5. The van der Waals surface area contributed by atoms with Crippen LogP contribution in [0.25, 0.3) is 0 Å². The standard InChI is InChI=1S/C12H23FO2S/c1-5-10(13)7-6-8-16-11(9(2)3)12(14)15-4/h9-11H,5-8H2,1-4H3. The first-order valence-electron chi connectivity index (χ1n) is 5.86. The van der Waals surface area contributed by atoms with Gasteiger partial charge in [-0.25, -0.2) is 4.39 Å². The van der Waals surface area contributed by atoms with Gasteiger partial charge in [-0.2, -0.15) is 0 Å². The van der Waals surface area contributed by atoms with Crippen LogP contribution in [0.3, 0.4) is 0 Å². The van der Waals surface area contributed by atoms with Crippen molar-refractivity contribution in [1.82, 2.24) is 0 Å². The van der Waals surface area contributed by atoms with Crippen LogP contribution >= 0.6 is 11.8 Å². The summed E-state index contributed by atoms with van der Waals surface area (Å²) in [6.07, 6.45) is 1.29. The van der Waals surface area contributed by atoms with E-state index < -0.39 is 6.17 Å². The highest BCUT2D eigenvalue weighted by Crippen LogP contribution is 2.22. The van der Waals surface area contributed by atoms with E-state index in [0.29, 0.717) is 12.8 Å². The quantitative estimate of drug-likeness (QED) is 0.487. The molecular weight excluding hydrogens is 227 g/mol. The van der Waals surface area contributed by atoms with Gasteiger partial charge in [0.2, 0.25) is 0 Å². The van der Waals surface area contributed by atoms with Crippen LogP contribution in [-0.2, 0) is 9.53 Å². The lowest BCUT2D eigenvalue weighted by Crippen LogP contribution is -2.24. The fourth-order valence-corrected chi connectivity index (χ4v) is 2.57. The number of alkyl halides is 1. The molecule has 2 unspecified atom stereocenters. The number of methoxy groups -OCH3 is 1. The van der Waals surface area contributed by atoms with Gasteiger partial charge in [0, 0.05) is 0 Å². The summed E-state index contributed by atoms with van der Waals surface area (Å²) < 4.78 is 17.7. The molecule has 0 saturated heterocycles. The van der Waals surface area contributed by atoms with Crippen LogP contribution in [-0.4, -0.2) is 30.3 Å². The van der Waals surface area contributed by atoms with Gasteiger partial charge in [-0.1, -0.05) is 20.8 Å². The van der Waals surface area contributed by atoms with E-state index in [4.69, 9.17) is 4.74 Å². The molecule has 0 heterocycles. The highest BCUT2D eigenvalue weighted by Gasteiger charge is 2.23. The van der Waals surface area contributed by atoms with E-state index >= 15 is 0 Å². The Labute approximate surface area is 102 Å². The summed E-state index contributed by atoms with van der Waals surface area (Å²) in [6.45, 7) is 5.85. The smallest absolute Gasteiger partial charge is 0.319 e. The molecule has 0 aromatic carbocycles. The van der Waals surface area contributed by atoms with Crippen molar-refractivity contribution in [3.05, 3.63) is 0 Å². The Morgan fingerprint density at radius 1 is 1.44 bits per heavy atom. The highest BCUT2D eigenvalue weighted by atomic mass is 32.2. The Hall–Kier alpha value is -0.250. The first-order chi connectivity index (χ1) is 7.52. The maximum absolute atomic E-state index is 12.9. The van der Waals surface area contributed by atoms with Gasteiger partial charge in [-0.3, -0.25) is 4.79 Å². The van der Waals surface area contributed by atoms with Crippen LogP contribution in [0.15, 0.2) is 0 Å². The van der Waals surface area contributed by atoms with Crippen molar-refractivity contribution in [2.24, 2.45) is 5.92 Å². The second-order valence-electron chi connectivity index (χ2n) is 4.21. The Morgan fingerprint density at radius 2 is 2.06 bits per heavy atom. The lowest BCUT2D eigenvalue weighted by molar-refractivity contribution is -0.140. The average molecular weight is 250 g/mol. The van der Waals surface area contributed by atoms with Crippen molar-refractivity contribution >= 4 is 17.7 Å². The molecule has 0 spiro atoms. The average Bonchev–Trinajstić information content (AvgIpc) is 2.27. The number of hydrogen-bond donors (Lipinski definition) is 0. The molecule has 2 atom stereocenters. The molecular formula is C12H23FO2S. The lowest BCUT2D eigenvalue weighted by atomic mass is 10.1. The number of hydrogen-bond acceptors (Lipinski definition) is 3. The largest absolute Gasteiger partial charge is 0.468 e. The molecule has 0 aliphatic carbocycles. The van der Waals surface area contributed by atoms with Crippen LogP contribution in [0.4, 0.5) is 4.39 Å². The van der Waals surface area contributed by atoms with Gasteiger partial charge < -0.3 is 4.74 Å². The number of halogens is 1. The molecule has 0 radical (unpaired) electrons. The monoisotopic (exact) mass is 250 g/mol. The van der Waals surface area contributed by atoms with Crippen molar-refractivity contribution in [1.29, 1.82) is 0 Å². The summed E-state index contributed by atoms with van der Waals surface area (Å²) in [7, 11) is 1.41. The summed E-state index contributed by atoms with van der Waals surface area (Å²) in [6, 6.07) is 0. The van der Waals surface area contributed by atoms with Crippen molar-refractivity contribution in [3.8, 4) is 0 Å². The summed E-state index contributed by atoms with van der Waals surface area (Å²) in [5, 5.41) is -0.121. The minimum absolute atomic E-state index is 0.121. The predicted molar refractivity (Wildman–Crippen MR) is 67.5 cm³/mol. The van der Waals surface area contributed by atoms with Gasteiger partial charge >= 0.3 is 5.97 Å². The fraction of sp³-hybridized carbons (Fsp3) is 0.917. The molecule has 0 bridgehead atoms. The third-order valence-electron chi connectivity index (χ3n) is 2.44. The van der Waals surface area contributed by atoms with E-state index in [1.165, 1.54) is 7.11 Å². The second-order valence-corrected chi connectivity index (χ2v) is 5.46. The maximum Gasteiger partial charge on any atom is 0.319 e. The third kappa shape index (κ3) is 6.36. The van der Waals surface area contributed by atoms with Crippen LogP contribution in [0, 0.1) is 5.92 Å². The first kappa shape index (κ1) is 15.8. The van der Waals surface area contributed by atoms with Gasteiger partial charge in [0.25, 0.3) is 0 Å². The van der Waals surface area contributed by atoms with Gasteiger partial charge in [-0.05, 0) is 30.9 Å². The van der Waals surface area contributed by atoms with Crippen LogP contribution in [0.2, 0.25) is 0 Å². The SMILES string of the molecule is CCC(F)CCCSC(C(=O)OC)C(C)C. The van der Waals surface area contributed by atoms with Crippen LogP contribution < -0.4 is 0 Å². The zero-order valence-electron chi connectivity index (χ0n) is 10.7. The van der Waals surface area contributed by atoms with Crippen LogP contribution in [0.5, 0.6) is 0 Å². The molecule has 0 aromatic rings. The second kappa shape index (κ2) is 8.85. The van der Waals surface area contributed by atoms with Crippen LogP contribution in [0.1, 0.15) is 40.0 Å². The molecule has 96 valence electrons. The topological polar surface area (TPSA) is 26.3 Å². The van der Waals surface area contributed by atoms with Gasteiger partial charge in [-0.15, -0.1) is 11.8 Å². The molecule has 0 amide bonds. The number of ether oxygens (including phenoxy) is 1. The molecule has 2 nitrogen and oxygen atoms in total. The Kier molecular flexibility index (Phi) is 8.71. The van der Waals surface area contributed by atoms with Crippen molar-refractivity contribution < 1.29 is 13.9 Å². The summed E-state index contributed by atoms with van der Waals surface area (Å²) in [5.41, 5.74) is 0. The Morgan fingerprint density at radius 3 is 2.50 bits per heavy atom. The minimum atomic E-state index is -0.698. The van der Waals surface area contributed by atoms with Crippen molar-refractivity contribution in [2.45, 2.75) is 51.5 Å². The summed E-state index contributed by atoms with van der Waals surface area (Å²) in [5.74, 6) is 0.898. The molecule has 0 saturated carbocycles. The molecule has 0 aliphatic rings.